The van der Waals surface area contributed by atoms with Crippen LogP contribution in [0.15, 0.2) is 48.5 Å². The van der Waals surface area contributed by atoms with Crippen molar-refractivity contribution >= 4 is 29.5 Å². The Morgan fingerprint density at radius 2 is 1.56 bits per heavy atom. The molecule has 9 heteroatoms. The highest BCUT2D eigenvalue weighted by Gasteiger charge is 2.28. The molecule has 0 atom stereocenters. The number of nitrogens with zero attached hydrogens (tertiary/aromatic N) is 1. The quantitative estimate of drug-likeness (QED) is 0.371. The third-order valence-electron chi connectivity index (χ3n) is 5.74. The molecule has 1 amide bonds. The molecule has 188 valence electrons. The van der Waals surface area contributed by atoms with Crippen LogP contribution in [0.1, 0.15) is 65.3 Å². The van der Waals surface area contributed by atoms with Gasteiger partial charge in [-0.2, -0.15) is 0 Å². The largest absolute Gasteiger partial charge is 0.465 e. The molecule has 0 bridgehead atoms. The zero-order valence-electron chi connectivity index (χ0n) is 20.8. The first kappa shape index (κ1) is 26.2. The number of carbonyl (C=O) groups excluding carboxylic acids is 4. The Labute approximate surface area is 209 Å². The second-order valence-electron chi connectivity index (χ2n) is 7.92. The second-order valence-corrected chi connectivity index (χ2v) is 7.92. The first-order valence-corrected chi connectivity index (χ1v) is 11.3. The number of nitrogens with one attached hydrogen (secondary N) is 1. The first-order chi connectivity index (χ1) is 17.2. The molecule has 3 rings (SSSR count). The zero-order chi connectivity index (χ0) is 26.4. The Hall–Kier alpha value is -4.40. The molecule has 3 aromatic rings. The fourth-order valence-electron chi connectivity index (χ4n) is 4.02. The molecule has 0 radical (unpaired) electrons. The number of anilines is 1. The van der Waals surface area contributed by atoms with E-state index in [1.165, 1.54) is 32.4 Å². The van der Waals surface area contributed by atoms with Crippen LogP contribution < -0.4 is 5.32 Å². The monoisotopic (exact) mass is 492 g/mol. The molecule has 0 aliphatic carbocycles. The van der Waals surface area contributed by atoms with Gasteiger partial charge in [0.2, 0.25) is 0 Å². The van der Waals surface area contributed by atoms with Gasteiger partial charge in [-0.25, -0.2) is 14.4 Å². The summed E-state index contributed by atoms with van der Waals surface area (Å²) >= 11 is 0. The number of benzene rings is 2. The number of carbonyl (C=O) groups is 4. The van der Waals surface area contributed by atoms with Crippen molar-refractivity contribution in [2.45, 2.75) is 27.3 Å². The van der Waals surface area contributed by atoms with Crippen LogP contribution in [0.2, 0.25) is 0 Å². The molecule has 1 N–H and O–H groups in total. The molecule has 0 fully saturated rings. The molecular weight excluding hydrogens is 464 g/mol. The van der Waals surface area contributed by atoms with Crippen molar-refractivity contribution in [1.29, 1.82) is 0 Å². The third-order valence-corrected chi connectivity index (χ3v) is 5.74. The van der Waals surface area contributed by atoms with E-state index in [-0.39, 0.29) is 34.7 Å². The van der Waals surface area contributed by atoms with E-state index in [1.54, 1.807) is 25.3 Å². The third kappa shape index (κ3) is 5.30. The molecule has 1 heterocycles. The van der Waals surface area contributed by atoms with E-state index in [0.29, 0.717) is 17.8 Å². The van der Waals surface area contributed by atoms with Gasteiger partial charge >= 0.3 is 17.9 Å². The molecule has 0 saturated carbocycles. The summed E-state index contributed by atoms with van der Waals surface area (Å²) in [5, 5.41) is 2.71. The van der Waals surface area contributed by atoms with Crippen molar-refractivity contribution < 1.29 is 33.4 Å². The predicted octanol–water partition coefficient (Wildman–Crippen LogP) is 4.16. The number of aromatic nitrogens is 1. The molecule has 0 saturated heterocycles. The van der Waals surface area contributed by atoms with Gasteiger partial charge in [-0.15, -0.1) is 0 Å². The van der Waals surface area contributed by atoms with Crippen LogP contribution >= 0.6 is 0 Å². The Bertz CT molecular complexity index is 1310. The van der Waals surface area contributed by atoms with Gasteiger partial charge in [-0.05, 0) is 50.1 Å². The maximum atomic E-state index is 13.5. The van der Waals surface area contributed by atoms with Crippen LogP contribution in [0.4, 0.5) is 5.69 Å². The van der Waals surface area contributed by atoms with E-state index in [2.05, 4.69) is 5.32 Å². The predicted molar refractivity (Wildman–Crippen MR) is 132 cm³/mol. The number of rotatable bonds is 8. The van der Waals surface area contributed by atoms with Gasteiger partial charge in [0, 0.05) is 12.2 Å². The fourth-order valence-corrected chi connectivity index (χ4v) is 4.02. The highest BCUT2D eigenvalue weighted by atomic mass is 16.5. The number of methoxy groups -OCH3 is 2. The Kier molecular flexibility index (Phi) is 8.26. The van der Waals surface area contributed by atoms with Gasteiger partial charge in [0.25, 0.3) is 5.91 Å². The minimum atomic E-state index is -0.691. The van der Waals surface area contributed by atoms with Crippen molar-refractivity contribution in [3.05, 3.63) is 87.7 Å². The Morgan fingerprint density at radius 1 is 0.889 bits per heavy atom. The number of hydrogen-bond donors (Lipinski definition) is 1. The van der Waals surface area contributed by atoms with Crippen molar-refractivity contribution in [2.75, 3.05) is 26.1 Å². The van der Waals surface area contributed by atoms with Gasteiger partial charge in [0.05, 0.1) is 43.2 Å². The topological polar surface area (TPSA) is 113 Å². The molecule has 9 nitrogen and oxygen atoms in total. The van der Waals surface area contributed by atoms with E-state index in [0.717, 1.165) is 5.56 Å². The van der Waals surface area contributed by atoms with E-state index < -0.39 is 23.8 Å². The summed E-state index contributed by atoms with van der Waals surface area (Å²) in [6.07, 6.45) is 0. The van der Waals surface area contributed by atoms with Crippen molar-refractivity contribution in [3.8, 4) is 0 Å². The number of ether oxygens (including phenoxy) is 3. The van der Waals surface area contributed by atoms with Crippen LogP contribution in [0.5, 0.6) is 0 Å². The normalized spacial score (nSPS) is 10.5. The van der Waals surface area contributed by atoms with Crippen LogP contribution in [0.3, 0.4) is 0 Å². The zero-order valence-corrected chi connectivity index (χ0v) is 20.8. The lowest BCUT2D eigenvalue weighted by molar-refractivity contribution is 0.0511. The van der Waals surface area contributed by atoms with Gasteiger partial charge in [-0.1, -0.05) is 30.3 Å². The van der Waals surface area contributed by atoms with E-state index >= 15 is 0 Å². The average Bonchev–Trinajstić information content (AvgIpc) is 3.12. The standard InChI is InChI=1S/C27H28N2O7/c1-6-36-27(33)23-16(2)22(17(3)29(23)15-18-10-8-7-9-11-18)24(30)28-21-14-19(25(31)34-4)12-13-20(21)26(32)35-5/h7-14H,6,15H2,1-5H3,(H,28,30). The summed E-state index contributed by atoms with van der Waals surface area (Å²) in [5.41, 5.74) is 2.71. The first-order valence-electron chi connectivity index (χ1n) is 11.3. The summed E-state index contributed by atoms with van der Waals surface area (Å²) in [6, 6.07) is 13.6. The number of esters is 3. The summed E-state index contributed by atoms with van der Waals surface area (Å²) < 4.78 is 16.6. The van der Waals surface area contributed by atoms with Crippen molar-refractivity contribution in [1.82, 2.24) is 4.57 Å². The van der Waals surface area contributed by atoms with E-state index in [4.69, 9.17) is 14.2 Å². The van der Waals surface area contributed by atoms with Crippen LogP contribution in [-0.2, 0) is 20.8 Å². The molecule has 36 heavy (non-hydrogen) atoms. The minimum Gasteiger partial charge on any atom is -0.465 e. The second kappa shape index (κ2) is 11.4. The average molecular weight is 493 g/mol. The highest BCUT2D eigenvalue weighted by Crippen LogP contribution is 2.27. The van der Waals surface area contributed by atoms with Crippen molar-refractivity contribution in [3.63, 3.8) is 0 Å². The summed E-state index contributed by atoms with van der Waals surface area (Å²) in [6.45, 7) is 5.64. The molecule has 2 aromatic carbocycles. The summed E-state index contributed by atoms with van der Waals surface area (Å²) in [7, 11) is 2.44. The highest BCUT2D eigenvalue weighted by molar-refractivity contribution is 6.11. The SMILES string of the molecule is CCOC(=O)c1c(C)c(C(=O)Nc2cc(C(=O)OC)ccc2C(=O)OC)c(C)n1Cc1ccccc1. The number of amides is 1. The lowest BCUT2D eigenvalue weighted by Gasteiger charge is -2.13. The van der Waals surface area contributed by atoms with Gasteiger partial charge < -0.3 is 24.1 Å². The van der Waals surface area contributed by atoms with Crippen LogP contribution in [0, 0.1) is 13.8 Å². The smallest absolute Gasteiger partial charge is 0.355 e. The van der Waals surface area contributed by atoms with Gasteiger partial charge in [0.1, 0.15) is 5.69 Å². The lowest BCUT2D eigenvalue weighted by atomic mass is 10.1. The van der Waals surface area contributed by atoms with Gasteiger partial charge in [0.15, 0.2) is 0 Å². The maximum absolute atomic E-state index is 13.5. The Morgan fingerprint density at radius 3 is 2.17 bits per heavy atom. The Balaban J connectivity index is 2.10. The lowest BCUT2D eigenvalue weighted by Crippen LogP contribution is -2.18. The summed E-state index contributed by atoms with van der Waals surface area (Å²) in [5.74, 6) is -2.43. The molecule has 0 unspecified atom stereocenters. The van der Waals surface area contributed by atoms with Crippen LogP contribution in [-0.4, -0.2) is 49.2 Å². The molecule has 0 spiro atoms. The molecule has 0 aliphatic heterocycles. The maximum Gasteiger partial charge on any atom is 0.355 e. The van der Waals surface area contributed by atoms with Crippen molar-refractivity contribution in [2.24, 2.45) is 0 Å². The van der Waals surface area contributed by atoms with Gasteiger partial charge in [-0.3, -0.25) is 4.79 Å². The molecule has 1 aromatic heterocycles. The van der Waals surface area contributed by atoms with E-state index in [1.807, 2.05) is 30.3 Å². The van der Waals surface area contributed by atoms with Crippen LogP contribution in [0.25, 0.3) is 0 Å². The molecule has 0 aliphatic rings. The molecular formula is C27H28N2O7. The number of hydrogen-bond acceptors (Lipinski definition) is 7. The summed E-state index contributed by atoms with van der Waals surface area (Å²) in [4.78, 5) is 50.7. The minimum absolute atomic E-state index is 0.0585. The van der Waals surface area contributed by atoms with E-state index in [9.17, 15) is 19.2 Å². The fraction of sp³-hybridized carbons (Fsp3) is 0.259.